The van der Waals surface area contributed by atoms with Gasteiger partial charge in [0, 0.05) is 32.6 Å². The summed E-state index contributed by atoms with van der Waals surface area (Å²) in [5, 5.41) is 5.96. The first-order valence-electron chi connectivity index (χ1n) is 7.59. The number of amides is 2. The first kappa shape index (κ1) is 18.2. The van der Waals surface area contributed by atoms with Crippen LogP contribution in [0.2, 0.25) is 0 Å². The van der Waals surface area contributed by atoms with Gasteiger partial charge in [-0.15, -0.1) is 12.4 Å². The molecule has 2 atom stereocenters. The number of morpholine rings is 1. The van der Waals surface area contributed by atoms with Gasteiger partial charge in [0.1, 0.15) is 6.04 Å². The van der Waals surface area contributed by atoms with Crippen LogP contribution in [0.15, 0.2) is 0 Å². The summed E-state index contributed by atoms with van der Waals surface area (Å²) in [6, 6.07) is -0.311. The standard InChI is InChI=1S/C14H25N3O3.ClH/c1-11-13(15-7-10-20-11)14(19)16-6-5-12(18)17-8-3-2-4-9-17;/h11,13,15H,2-10H2,1H3,(H,16,19);1H/t11-,13+;/m1./s1. The Morgan fingerprint density at radius 1 is 1.29 bits per heavy atom. The maximum atomic E-state index is 12.0. The van der Waals surface area contributed by atoms with Gasteiger partial charge < -0.3 is 20.3 Å². The quantitative estimate of drug-likeness (QED) is 0.782. The summed E-state index contributed by atoms with van der Waals surface area (Å²) in [6.07, 6.45) is 3.67. The fourth-order valence-electron chi connectivity index (χ4n) is 2.73. The van der Waals surface area contributed by atoms with Gasteiger partial charge in [0.25, 0.3) is 0 Å². The molecule has 2 aliphatic rings. The number of nitrogens with zero attached hydrogens (tertiary/aromatic N) is 1. The molecule has 0 aromatic heterocycles. The lowest BCUT2D eigenvalue weighted by Crippen LogP contribution is -2.55. The number of hydrogen-bond donors (Lipinski definition) is 2. The first-order chi connectivity index (χ1) is 9.68. The van der Waals surface area contributed by atoms with Gasteiger partial charge in [-0.1, -0.05) is 0 Å². The summed E-state index contributed by atoms with van der Waals surface area (Å²) in [6.45, 7) is 5.34. The van der Waals surface area contributed by atoms with Crippen LogP contribution in [0, 0.1) is 0 Å². The van der Waals surface area contributed by atoms with Crippen LogP contribution in [0.4, 0.5) is 0 Å². The van der Waals surface area contributed by atoms with E-state index in [-0.39, 0.29) is 36.4 Å². The van der Waals surface area contributed by atoms with E-state index in [0.717, 1.165) is 25.9 Å². The van der Waals surface area contributed by atoms with Gasteiger partial charge in [0.15, 0.2) is 0 Å². The number of likely N-dealkylation sites (tertiary alicyclic amines) is 1. The molecule has 2 saturated heterocycles. The van der Waals surface area contributed by atoms with Crippen molar-refractivity contribution in [2.45, 2.75) is 44.8 Å². The molecule has 6 nitrogen and oxygen atoms in total. The van der Waals surface area contributed by atoms with Crippen molar-refractivity contribution in [1.82, 2.24) is 15.5 Å². The van der Waals surface area contributed by atoms with Gasteiger partial charge in [0.2, 0.25) is 11.8 Å². The Labute approximate surface area is 132 Å². The van der Waals surface area contributed by atoms with Crippen LogP contribution in [0.1, 0.15) is 32.6 Å². The Morgan fingerprint density at radius 2 is 2.00 bits per heavy atom. The van der Waals surface area contributed by atoms with Crippen LogP contribution >= 0.6 is 12.4 Å². The second-order valence-corrected chi connectivity index (χ2v) is 5.49. The minimum Gasteiger partial charge on any atom is -0.375 e. The van der Waals surface area contributed by atoms with Gasteiger partial charge in [-0.2, -0.15) is 0 Å². The molecule has 2 fully saturated rings. The fraction of sp³-hybridized carbons (Fsp3) is 0.857. The molecule has 122 valence electrons. The zero-order chi connectivity index (χ0) is 14.4. The Morgan fingerprint density at radius 3 is 2.67 bits per heavy atom. The number of ether oxygens (including phenoxy) is 1. The van der Waals surface area contributed by atoms with Crippen molar-refractivity contribution in [2.24, 2.45) is 0 Å². The highest BCUT2D eigenvalue weighted by molar-refractivity contribution is 5.85. The number of rotatable bonds is 4. The Bertz CT molecular complexity index is 348. The van der Waals surface area contributed by atoms with Crippen LogP contribution < -0.4 is 10.6 Å². The van der Waals surface area contributed by atoms with E-state index in [1.54, 1.807) is 0 Å². The zero-order valence-electron chi connectivity index (χ0n) is 12.6. The zero-order valence-corrected chi connectivity index (χ0v) is 13.4. The second kappa shape index (κ2) is 9.23. The summed E-state index contributed by atoms with van der Waals surface area (Å²) in [7, 11) is 0. The molecular formula is C14H26ClN3O3. The summed E-state index contributed by atoms with van der Waals surface area (Å²) in [5.41, 5.74) is 0. The predicted octanol–water partition coefficient (Wildman–Crippen LogP) is 0.304. The summed E-state index contributed by atoms with van der Waals surface area (Å²) in [5.74, 6) is 0.0644. The van der Waals surface area contributed by atoms with Gasteiger partial charge in [-0.3, -0.25) is 9.59 Å². The molecule has 0 bridgehead atoms. The van der Waals surface area contributed by atoms with Crippen LogP contribution in [0.3, 0.4) is 0 Å². The predicted molar refractivity (Wildman–Crippen MR) is 82.5 cm³/mol. The van der Waals surface area contributed by atoms with Gasteiger partial charge in [-0.05, 0) is 26.2 Å². The highest BCUT2D eigenvalue weighted by Gasteiger charge is 2.28. The lowest BCUT2D eigenvalue weighted by Gasteiger charge is -2.29. The third kappa shape index (κ3) is 5.45. The molecule has 2 rings (SSSR count). The maximum Gasteiger partial charge on any atom is 0.239 e. The Hall–Kier alpha value is -0.850. The van der Waals surface area contributed by atoms with E-state index in [1.165, 1.54) is 6.42 Å². The van der Waals surface area contributed by atoms with E-state index in [1.807, 2.05) is 11.8 Å². The molecule has 0 saturated carbocycles. The summed E-state index contributed by atoms with van der Waals surface area (Å²) < 4.78 is 5.44. The minimum atomic E-state index is -0.311. The van der Waals surface area contributed by atoms with Crippen molar-refractivity contribution >= 4 is 24.2 Å². The second-order valence-electron chi connectivity index (χ2n) is 5.49. The van der Waals surface area contributed by atoms with Crippen molar-refractivity contribution in [3.05, 3.63) is 0 Å². The molecule has 0 aromatic rings. The number of nitrogens with one attached hydrogen (secondary N) is 2. The van der Waals surface area contributed by atoms with Crippen molar-refractivity contribution < 1.29 is 14.3 Å². The number of halogens is 1. The molecule has 0 aromatic carbocycles. The average molecular weight is 320 g/mol. The maximum absolute atomic E-state index is 12.0. The van der Waals surface area contributed by atoms with Crippen molar-refractivity contribution in [3.8, 4) is 0 Å². The molecule has 2 heterocycles. The number of hydrogen-bond acceptors (Lipinski definition) is 4. The van der Waals surface area contributed by atoms with Crippen LogP contribution in [-0.4, -0.2) is 61.6 Å². The Kier molecular flexibility index (Phi) is 8.00. The average Bonchev–Trinajstić information content (AvgIpc) is 2.48. The molecule has 0 spiro atoms. The molecule has 0 unspecified atom stereocenters. The van der Waals surface area contributed by atoms with E-state index in [2.05, 4.69) is 10.6 Å². The highest BCUT2D eigenvalue weighted by Crippen LogP contribution is 2.09. The normalized spacial score (nSPS) is 25.9. The monoisotopic (exact) mass is 319 g/mol. The van der Waals surface area contributed by atoms with Gasteiger partial charge >= 0.3 is 0 Å². The van der Waals surface area contributed by atoms with E-state index in [9.17, 15) is 9.59 Å². The number of piperidine rings is 1. The molecule has 7 heteroatoms. The SMILES string of the molecule is C[C@H]1OCCN[C@@H]1C(=O)NCCC(=O)N1CCCCC1.Cl. The lowest BCUT2D eigenvalue weighted by atomic mass is 10.1. The molecule has 2 N–H and O–H groups in total. The highest BCUT2D eigenvalue weighted by atomic mass is 35.5. The van der Waals surface area contributed by atoms with E-state index >= 15 is 0 Å². The molecular weight excluding hydrogens is 294 g/mol. The first-order valence-corrected chi connectivity index (χ1v) is 7.59. The fourth-order valence-corrected chi connectivity index (χ4v) is 2.73. The van der Waals surface area contributed by atoms with Gasteiger partial charge in [0.05, 0.1) is 12.7 Å². The van der Waals surface area contributed by atoms with E-state index in [4.69, 9.17) is 4.74 Å². The topological polar surface area (TPSA) is 70.7 Å². The minimum absolute atomic E-state index is 0. The largest absolute Gasteiger partial charge is 0.375 e. The number of carbonyl (C=O) groups excluding carboxylic acids is 2. The summed E-state index contributed by atoms with van der Waals surface area (Å²) >= 11 is 0. The smallest absolute Gasteiger partial charge is 0.239 e. The molecule has 0 aliphatic carbocycles. The number of carbonyl (C=O) groups is 2. The summed E-state index contributed by atoms with van der Waals surface area (Å²) in [4.78, 5) is 25.8. The molecule has 21 heavy (non-hydrogen) atoms. The van der Waals surface area contributed by atoms with E-state index < -0.39 is 0 Å². The Balaban J connectivity index is 0.00000220. The van der Waals surface area contributed by atoms with Crippen molar-refractivity contribution in [2.75, 3.05) is 32.8 Å². The van der Waals surface area contributed by atoms with Crippen molar-refractivity contribution in [3.63, 3.8) is 0 Å². The lowest BCUT2D eigenvalue weighted by molar-refractivity contribution is -0.132. The molecule has 2 amide bonds. The van der Waals surface area contributed by atoms with Crippen LogP contribution in [0.5, 0.6) is 0 Å². The van der Waals surface area contributed by atoms with E-state index in [0.29, 0.717) is 26.1 Å². The van der Waals surface area contributed by atoms with Gasteiger partial charge in [-0.25, -0.2) is 0 Å². The molecule has 2 aliphatic heterocycles. The molecule has 0 radical (unpaired) electrons. The van der Waals surface area contributed by atoms with Crippen LogP contribution in [0.25, 0.3) is 0 Å². The van der Waals surface area contributed by atoms with Crippen LogP contribution in [-0.2, 0) is 14.3 Å². The third-order valence-electron chi connectivity index (χ3n) is 3.95. The van der Waals surface area contributed by atoms with Crippen molar-refractivity contribution in [1.29, 1.82) is 0 Å². The third-order valence-corrected chi connectivity index (χ3v) is 3.95.